The van der Waals surface area contributed by atoms with Gasteiger partial charge in [0.25, 0.3) is 0 Å². The van der Waals surface area contributed by atoms with Gasteiger partial charge in [-0.2, -0.15) is 0 Å². The Morgan fingerprint density at radius 3 is 1.82 bits per heavy atom. The number of hydrogen-bond donors (Lipinski definition) is 0. The van der Waals surface area contributed by atoms with Crippen molar-refractivity contribution in [3.05, 3.63) is 108 Å². The lowest BCUT2D eigenvalue weighted by molar-refractivity contribution is 0.631. The van der Waals surface area contributed by atoms with Crippen molar-refractivity contribution in [2.75, 3.05) is 0 Å². The van der Waals surface area contributed by atoms with Gasteiger partial charge in [-0.3, -0.25) is 0 Å². The first-order chi connectivity index (χ1) is 13.8. The third kappa shape index (κ3) is 3.21. The van der Waals surface area contributed by atoms with Gasteiger partial charge in [0.2, 0.25) is 0 Å². The molecule has 0 aliphatic carbocycles. The van der Waals surface area contributed by atoms with Crippen molar-refractivity contribution in [2.24, 2.45) is 0 Å². The van der Waals surface area contributed by atoms with Crippen LogP contribution in [0.25, 0.3) is 44.5 Å². The Labute approximate surface area is 168 Å². The largest absolute Gasteiger partial charge is 0.456 e. The fourth-order valence-corrected chi connectivity index (χ4v) is 3.63. The number of benzene rings is 4. The first-order valence-electron chi connectivity index (χ1n) is 9.22. The molecule has 0 radical (unpaired) electrons. The summed E-state index contributed by atoms with van der Waals surface area (Å²) in [5.74, 6) is 0.870. The lowest BCUT2D eigenvalue weighted by Gasteiger charge is -2.10. The maximum Gasteiger partial charge on any atom is 0.135 e. The van der Waals surface area contributed by atoms with Crippen LogP contribution in [0.15, 0.2) is 108 Å². The molecule has 2 heteroatoms. The number of furan rings is 1. The van der Waals surface area contributed by atoms with Gasteiger partial charge in [0.1, 0.15) is 11.3 Å². The quantitative estimate of drug-likeness (QED) is 0.308. The molecule has 1 aromatic heterocycles. The Morgan fingerprint density at radius 1 is 0.500 bits per heavy atom. The summed E-state index contributed by atoms with van der Waals surface area (Å²) < 4.78 is 6.13. The molecule has 28 heavy (non-hydrogen) atoms. The maximum atomic E-state index is 6.13. The molecule has 0 fully saturated rings. The highest BCUT2D eigenvalue weighted by Crippen LogP contribution is 2.35. The fourth-order valence-electron chi connectivity index (χ4n) is 3.50. The molecular weight excluding hydrogens is 364 g/mol. The molecule has 0 aliphatic rings. The minimum atomic E-state index is 0.737. The zero-order chi connectivity index (χ0) is 18.9. The summed E-state index contributed by atoms with van der Waals surface area (Å²) in [6.45, 7) is 0. The van der Waals surface area contributed by atoms with Crippen LogP contribution < -0.4 is 0 Å². The summed E-state index contributed by atoms with van der Waals surface area (Å²) >= 11 is 6.08. The molecule has 4 aromatic carbocycles. The van der Waals surface area contributed by atoms with Gasteiger partial charge < -0.3 is 4.42 Å². The Hall–Kier alpha value is -3.29. The van der Waals surface area contributed by atoms with Crippen LogP contribution in [0, 0.1) is 0 Å². The van der Waals surface area contributed by atoms with Crippen LogP contribution in [0.4, 0.5) is 0 Å². The van der Waals surface area contributed by atoms with Gasteiger partial charge in [0.15, 0.2) is 0 Å². The van der Waals surface area contributed by atoms with Crippen molar-refractivity contribution in [1.29, 1.82) is 0 Å². The molecule has 0 atom stereocenters. The van der Waals surface area contributed by atoms with Crippen LogP contribution in [-0.4, -0.2) is 0 Å². The average molecular weight is 381 g/mol. The Morgan fingerprint density at radius 2 is 1.11 bits per heavy atom. The molecule has 0 unspecified atom stereocenters. The van der Waals surface area contributed by atoms with Gasteiger partial charge in [-0.05, 0) is 64.7 Å². The molecule has 0 saturated carbocycles. The Bertz CT molecular complexity index is 1220. The molecule has 0 aliphatic heterocycles. The van der Waals surface area contributed by atoms with Crippen LogP contribution in [0.3, 0.4) is 0 Å². The van der Waals surface area contributed by atoms with Crippen molar-refractivity contribution in [2.45, 2.75) is 0 Å². The summed E-state index contributed by atoms with van der Waals surface area (Å²) in [5.41, 5.74) is 6.55. The lowest BCUT2D eigenvalue weighted by Crippen LogP contribution is -1.85. The molecule has 0 bridgehead atoms. The Kier molecular flexibility index (Phi) is 4.23. The molecule has 0 spiro atoms. The second kappa shape index (κ2) is 7.03. The SMILES string of the molecule is Clc1ccc(-c2cc(-c3ccccc3)cc(-c3cc4ccccc4o3)c2)cc1. The second-order valence-corrected chi connectivity index (χ2v) is 7.26. The second-order valence-electron chi connectivity index (χ2n) is 6.82. The summed E-state index contributed by atoms with van der Waals surface area (Å²) in [7, 11) is 0. The number of halogens is 1. The summed E-state index contributed by atoms with van der Waals surface area (Å²) in [5, 5.41) is 1.84. The van der Waals surface area contributed by atoms with E-state index in [-0.39, 0.29) is 0 Å². The molecular formula is C26H17ClO. The smallest absolute Gasteiger partial charge is 0.135 e. The number of para-hydroxylation sites is 1. The van der Waals surface area contributed by atoms with E-state index in [1.165, 1.54) is 5.56 Å². The zero-order valence-electron chi connectivity index (χ0n) is 15.1. The van der Waals surface area contributed by atoms with Gasteiger partial charge in [0.05, 0.1) is 0 Å². The topological polar surface area (TPSA) is 13.1 Å². The molecule has 5 aromatic rings. The van der Waals surface area contributed by atoms with E-state index in [0.29, 0.717) is 0 Å². The van der Waals surface area contributed by atoms with E-state index in [9.17, 15) is 0 Å². The van der Waals surface area contributed by atoms with E-state index in [4.69, 9.17) is 16.0 Å². The normalized spacial score (nSPS) is 11.0. The molecule has 1 nitrogen and oxygen atoms in total. The standard InChI is InChI=1S/C26H17ClO/c27-24-12-10-19(11-13-24)22-14-21(18-6-2-1-3-7-18)15-23(16-22)26-17-20-8-4-5-9-25(20)28-26/h1-17H. The third-order valence-electron chi connectivity index (χ3n) is 4.93. The predicted octanol–water partition coefficient (Wildman–Crippen LogP) is 8.09. The van der Waals surface area contributed by atoms with Gasteiger partial charge in [-0.25, -0.2) is 0 Å². The Balaban J connectivity index is 1.71. The van der Waals surface area contributed by atoms with E-state index in [1.807, 2.05) is 36.4 Å². The van der Waals surface area contributed by atoms with E-state index in [0.717, 1.165) is 44.0 Å². The van der Waals surface area contributed by atoms with Crippen molar-refractivity contribution in [3.8, 4) is 33.6 Å². The van der Waals surface area contributed by atoms with Crippen LogP contribution in [-0.2, 0) is 0 Å². The van der Waals surface area contributed by atoms with E-state index in [1.54, 1.807) is 0 Å². The van der Waals surface area contributed by atoms with Crippen molar-refractivity contribution in [1.82, 2.24) is 0 Å². The highest BCUT2D eigenvalue weighted by Gasteiger charge is 2.11. The molecule has 1 heterocycles. The number of rotatable bonds is 3. The van der Waals surface area contributed by atoms with E-state index < -0.39 is 0 Å². The fraction of sp³-hybridized carbons (Fsp3) is 0. The lowest BCUT2D eigenvalue weighted by atomic mass is 9.95. The van der Waals surface area contributed by atoms with E-state index >= 15 is 0 Å². The number of hydrogen-bond acceptors (Lipinski definition) is 1. The van der Waals surface area contributed by atoms with Crippen LogP contribution in [0.2, 0.25) is 5.02 Å². The first-order valence-corrected chi connectivity index (χ1v) is 9.59. The highest BCUT2D eigenvalue weighted by molar-refractivity contribution is 6.30. The van der Waals surface area contributed by atoms with Crippen molar-refractivity contribution >= 4 is 22.6 Å². The van der Waals surface area contributed by atoms with Crippen LogP contribution >= 0.6 is 11.6 Å². The molecule has 134 valence electrons. The molecule has 0 saturated heterocycles. The average Bonchev–Trinajstić information content (AvgIpc) is 3.19. The highest BCUT2D eigenvalue weighted by atomic mass is 35.5. The summed E-state index contributed by atoms with van der Waals surface area (Å²) in [6, 6.07) is 35.1. The van der Waals surface area contributed by atoms with Crippen LogP contribution in [0.1, 0.15) is 0 Å². The van der Waals surface area contributed by atoms with Crippen LogP contribution in [0.5, 0.6) is 0 Å². The van der Waals surface area contributed by atoms with Crippen molar-refractivity contribution in [3.63, 3.8) is 0 Å². The third-order valence-corrected chi connectivity index (χ3v) is 5.18. The van der Waals surface area contributed by atoms with Gasteiger partial charge in [0, 0.05) is 16.0 Å². The zero-order valence-corrected chi connectivity index (χ0v) is 15.9. The summed E-state index contributed by atoms with van der Waals surface area (Å²) in [4.78, 5) is 0. The van der Waals surface area contributed by atoms with Gasteiger partial charge in [-0.1, -0.05) is 72.3 Å². The predicted molar refractivity (Wildman–Crippen MR) is 118 cm³/mol. The van der Waals surface area contributed by atoms with E-state index in [2.05, 4.69) is 66.7 Å². The maximum absolute atomic E-state index is 6.13. The minimum absolute atomic E-state index is 0.737. The molecule has 0 N–H and O–H groups in total. The van der Waals surface area contributed by atoms with Gasteiger partial charge in [-0.15, -0.1) is 0 Å². The monoisotopic (exact) mass is 380 g/mol. The molecule has 5 rings (SSSR count). The van der Waals surface area contributed by atoms with Gasteiger partial charge >= 0.3 is 0 Å². The minimum Gasteiger partial charge on any atom is -0.456 e. The molecule has 0 amide bonds. The first kappa shape index (κ1) is 16.9. The van der Waals surface area contributed by atoms with Crippen molar-refractivity contribution < 1.29 is 4.42 Å². The summed E-state index contributed by atoms with van der Waals surface area (Å²) in [6.07, 6.45) is 0. The number of fused-ring (bicyclic) bond motifs is 1.